The summed E-state index contributed by atoms with van der Waals surface area (Å²) >= 11 is 0. The second kappa shape index (κ2) is 11.1. The zero-order valence-electron chi connectivity index (χ0n) is 23.0. The molecule has 2 N–H and O–H groups in total. The van der Waals surface area contributed by atoms with Gasteiger partial charge in [-0.2, -0.15) is 0 Å². The first kappa shape index (κ1) is 28.4. The van der Waals surface area contributed by atoms with Crippen LogP contribution in [-0.4, -0.2) is 29.9 Å². The first-order valence-electron chi connectivity index (χ1n) is 12.4. The summed E-state index contributed by atoms with van der Waals surface area (Å²) in [5.41, 5.74) is 4.01. The zero-order valence-corrected chi connectivity index (χ0v) is 23.0. The fourth-order valence-corrected chi connectivity index (χ4v) is 4.02. The van der Waals surface area contributed by atoms with Crippen LogP contribution >= 0.6 is 0 Å². The van der Waals surface area contributed by atoms with E-state index in [0.29, 0.717) is 16.8 Å². The van der Waals surface area contributed by atoms with E-state index < -0.39 is 5.97 Å². The number of methoxy groups -OCH3 is 1. The van der Waals surface area contributed by atoms with Gasteiger partial charge in [0.25, 0.3) is 5.91 Å². The van der Waals surface area contributed by atoms with Crippen LogP contribution < -0.4 is 10.1 Å². The quantitative estimate of drug-likeness (QED) is 0.259. The maximum atomic E-state index is 13.2. The van der Waals surface area contributed by atoms with E-state index in [2.05, 4.69) is 46.9 Å². The lowest BCUT2D eigenvalue weighted by atomic mass is 9.78. The lowest BCUT2D eigenvalue weighted by molar-refractivity contribution is 0.0696. The molecule has 3 rings (SSSR count). The van der Waals surface area contributed by atoms with Crippen LogP contribution in [0.3, 0.4) is 0 Å². The van der Waals surface area contributed by atoms with Crippen molar-refractivity contribution in [3.05, 3.63) is 100 Å². The Morgan fingerprint density at radius 3 is 1.71 bits per heavy atom. The summed E-state index contributed by atoms with van der Waals surface area (Å²) in [6.45, 7) is 12.6. The van der Waals surface area contributed by atoms with Gasteiger partial charge in [0, 0.05) is 27.9 Å². The molecule has 6 nitrogen and oxygen atoms in total. The minimum atomic E-state index is -1.03. The topological polar surface area (TPSA) is 92.7 Å². The number of rotatable bonds is 7. The van der Waals surface area contributed by atoms with E-state index in [1.807, 2.05) is 12.1 Å². The number of anilines is 1. The molecule has 0 spiro atoms. The molecule has 0 radical (unpaired) electrons. The van der Waals surface area contributed by atoms with Crippen molar-refractivity contribution in [1.82, 2.24) is 0 Å². The average Bonchev–Trinajstić information content (AvgIpc) is 2.86. The number of hydrogen-bond acceptors (Lipinski definition) is 4. The molecular formula is C32H35NO5. The molecule has 0 atom stereocenters. The normalized spacial score (nSPS) is 11.9. The lowest BCUT2D eigenvalue weighted by Gasteiger charge is -2.29. The van der Waals surface area contributed by atoms with Gasteiger partial charge in [-0.15, -0.1) is 0 Å². The van der Waals surface area contributed by atoms with Gasteiger partial charge in [-0.25, -0.2) is 4.79 Å². The molecule has 0 fully saturated rings. The van der Waals surface area contributed by atoms with Crippen LogP contribution in [0, 0.1) is 0 Å². The van der Waals surface area contributed by atoms with E-state index in [9.17, 15) is 14.4 Å². The molecule has 3 aromatic carbocycles. The average molecular weight is 514 g/mol. The highest BCUT2D eigenvalue weighted by Gasteiger charge is 2.28. The van der Waals surface area contributed by atoms with Crippen LogP contribution in [-0.2, 0) is 10.8 Å². The Labute approximate surface area is 224 Å². The molecule has 0 bridgehead atoms. The largest absolute Gasteiger partial charge is 0.496 e. The minimum absolute atomic E-state index is 0.115. The van der Waals surface area contributed by atoms with E-state index in [-0.39, 0.29) is 28.1 Å². The Morgan fingerprint density at radius 1 is 0.763 bits per heavy atom. The van der Waals surface area contributed by atoms with Gasteiger partial charge in [-0.05, 0) is 71.0 Å². The molecule has 198 valence electrons. The number of nitrogens with one attached hydrogen (secondary N) is 1. The van der Waals surface area contributed by atoms with Crippen molar-refractivity contribution in [2.24, 2.45) is 0 Å². The fraction of sp³-hybridized carbons (Fsp3) is 0.281. The molecule has 1 amide bonds. The van der Waals surface area contributed by atoms with Crippen LogP contribution in [0.1, 0.15) is 89.3 Å². The van der Waals surface area contributed by atoms with E-state index in [1.165, 1.54) is 12.1 Å². The molecular weight excluding hydrogens is 478 g/mol. The molecule has 0 heterocycles. The smallest absolute Gasteiger partial charge is 0.335 e. The first-order valence-corrected chi connectivity index (χ1v) is 12.4. The Bertz CT molecular complexity index is 1330. The summed E-state index contributed by atoms with van der Waals surface area (Å²) in [7, 11) is 1.67. The van der Waals surface area contributed by atoms with Crippen molar-refractivity contribution in [2.45, 2.75) is 52.4 Å². The van der Waals surface area contributed by atoms with E-state index in [1.54, 1.807) is 55.7 Å². The van der Waals surface area contributed by atoms with Crippen molar-refractivity contribution in [3.8, 4) is 5.75 Å². The number of allylic oxidation sites excluding steroid dienone is 1. The monoisotopic (exact) mass is 513 g/mol. The molecule has 0 aliphatic rings. The number of carbonyl (C=O) groups excluding carboxylic acids is 2. The number of benzene rings is 3. The molecule has 0 aliphatic heterocycles. The summed E-state index contributed by atoms with van der Waals surface area (Å²) in [5, 5.41) is 11.7. The number of carbonyl (C=O) groups is 3. The van der Waals surface area contributed by atoms with Gasteiger partial charge in [0.1, 0.15) is 5.75 Å². The second-order valence-corrected chi connectivity index (χ2v) is 11.3. The Morgan fingerprint density at radius 2 is 1.26 bits per heavy atom. The van der Waals surface area contributed by atoms with Crippen molar-refractivity contribution < 1.29 is 24.2 Å². The van der Waals surface area contributed by atoms with Crippen molar-refractivity contribution in [2.75, 3.05) is 12.4 Å². The third kappa shape index (κ3) is 6.76. The molecule has 0 saturated heterocycles. The van der Waals surface area contributed by atoms with Crippen LogP contribution in [0.5, 0.6) is 5.75 Å². The molecule has 0 saturated carbocycles. The van der Waals surface area contributed by atoms with Gasteiger partial charge in [0.15, 0.2) is 5.78 Å². The SMILES string of the molecule is COc1c(C(C)(C)C)cc(C(=O)C=Cc2ccc(C(=O)Nc3ccc(C(=O)O)cc3)cc2)cc1C(C)(C)C. The van der Waals surface area contributed by atoms with Crippen molar-refractivity contribution in [1.29, 1.82) is 0 Å². The number of amides is 1. The molecule has 0 unspecified atom stereocenters. The predicted molar refractivity (Wildman–Crippen MR) is 152 cm³/mol. The van der Waals surface area contributed by atoms with Gasteiger partial charge < -0.3 is 15.2 Å². The third-order valence-electron chi connectivity index (χ3n) is 6.18. The second-order valence-electron chi connectivity index (χ2n) is 11.3. The summed E-state index contributed by atoms with van der Waals surface area (Å²) in [5.74, 6) is -0.642. The number of ketones is 1. The number of carboxylic acids is 1. The number of aromatic carboxylic acids is 1. The van der Waals surface area contributed by atoms with E-state index in [0.717, 1.165) is 22.4 Å². The maximum Gasteiger partial charge on any atom is 0.335 e. The number of carboxylic acid groups (broad SMARTS) is 1. The highest BCUT2D eigenvalue weighted by molar-refractivity contribution is 6.07. The summed E-state index contributed by atoms with van der Waals surface area (Å²) < 4.78 is 5.79. The van der Waals surface area contributed by atoms with Gasteiger partial charge in [0.05, 0.1) is 12.7 Å². The molecule has 6 heteroatoms. The Hall–Kier alpha value is -4.19. The maximum absolute atomic E-state index is 13.2. The highest BCUT2D eigenvalue weighted by Crippen LogP contribution is 2.40. The molecule has 3 aromatic rings. The van der Waals surface area contributed by atoms with Crippen molar-refractivity contribution >= 4 is 29.4 Å². The van der Waals surface area contributed by atoms with Crippen LogP contribution in [0.2, 0.25) is 0 Å². The first-order chi connectivity index (χ1) is 17.7. The van der Waals surface area contributed by atoms with E-state index >= 15 is 0 Å². The summed E-state index contributed by atoms with van der Waals surface area (Å²) in [6, 6.07) is 16.7. The zero-order chi connectivity index (χ0) is 28.3. The van der Waals surface area contributed by atoms with Gasteiger partial charge in [0.2, 0.25) is 0 Å². The minimum Gasteiger partial charge on any atom is -0.496 e. The predicted octanol–water partition coefficient (Wildman–Crippen LogP) is 7.14. The highest BCUT2D eigenvalue weighted by atomic mass is 16.5. The Kier molecular flexibility index (Phi) is 8.25. The Balaban J connectivity index is 1.79. The van der Waals surface area contributed by atoms with Crippen molar-refractivity contribution in [3.63, 3.8) is 0 Å². The summed E-state index contributed by atoms with van der Waals surface area (Å²) in [6.07, 6.45) is 3.27. The lowest BCUT2D eigenvalue weighted by Crippen LogP contribution is -2.20. The summed E-state index contributed by atoms with van der Waals surface area (Å²) in [4.78, 5) is 36.7. The molecule has 0 aliphatic carbocycles. The number of hydrogen-bond donors (Lipinski definition) is 2. The number of ether oxygens (including phenoxy) is 1. The van der Waals surface area contributed by atoms with Gasteiger partial charge in [-0.3, -0.25) is 9.59 Å². The fourth-order valence-electron chi connectivity index (χ4n) is 4.02. The van der Waals surface area contributed by atoms with Crippen LogP contribution in [0.25, 0.3) is 6.08 Å². The van der Waals surface area contributed by atoms with E-state index in [4.69, 9.17) is 9.84 Å². The standard InChI is InChI=1S/C32H35NO5/c1-31(2,3)25-18-23(19-26(28(25)38-7)32(4,5)6)27(34)17-10-20-8-11-21(12-9-20)29(35)33-24-15-13-22(14-16-24)30(36)37/h8-19H,1-7H3,(H,33,35)(H,36,37). The molecule has 38 heavy (non-hydrogen) atoms. The molecule has 0 aromatic heterocycles. The van der Waals surface area contributed by atoms with Gasteiger partial charge >= 0.3 is 5.97 Å². The van der Waals surface area contributed by atoms with Gasteiger partial charge in [-0.1, -0.05) is 59.8 Å². The van der Waals surface area contributed by atoms with Crippen LogP contribution in [0.4, 0.5) is 5.69 Å². The third-order valence-corrected chi connectivity index (χ3v) is 6.18. The van der Waals surface area contributed by atoms with Crippen LogP contribution in [0.15, 0.2) is 66.7 Å².